The van der Waals surface area contributed by atoms with Gasteiger partial charge in [0.25, 0.3) is 0 Å². The third-order valence-corrected chi connectivity index (χ3v) is 1.60. The molecule has 0 amide bonds. The molecule has 0 radical (unpaired) electrons. The van der Waals surface area contributed by atoms with Crippen molar-refractivity contribution in [1.29, 1.82) is 0 Å². The number of anilines is 2. The number of aryl methyl sites for hydroxylation is 1. The Morgan fingerprint density at radius 2 is 2.09 bits per heavy atom. The van der Waals surface area contributed by atoms with E-state index in [0.29, 0.717) is 11.3 Å². The van der Waals surface area contributed by atoms with Crippen molar-refractivity contribution in [2.45, 2.75) is 6.92 Å². The van der Waals surface area contributed by atoms with E-state index < -0.39 is 0 Å². The summed E-state index contributed by atoms with van der Waals surface area (Å²) in [5.41, 5.74) is 7.31. The van der Waals surface area contributed by atoms with Crippen LogP contribution in [0, 0.1) is 12.7 Å². The Bertz CT molecular complexity index is 271. The summed E-state index contributed by atoms with van der Waals surface area (Å²) < 4.78 is 12.8. The van der Waals surface area contributed by atoms with E-state index in [1.165, 1.54) is 6.07 Å². The van der Waals surface area contributed by atoms with Gasteiger partial charge in [0, 0.05) is 7.05 Å². The number of nitrogens with two attached hydrogens (primary N) is 1. The summed E-state index contributed by atoms with van der Waals surface area (Å²) in [5.74, 6) is -0.262. The lowest BCUT2D eigenvalue weighted by Gasteiger charge is -2.05. The zero-order valence-corrected chi connectivity index (χ0v) is 6.61. The first-order valence-corrected chi connectivity index (χ1v) is 3.38. The van der Waals surface area contributed by atoms with Crippen molar-refractivity contribution in [3.8, 4) is 0 Å². The van der Waals surface area contributed by atoms with Crippen LogP contribution >= 0.6 is 0 Å². The monoisotopic (exact) mass is 154 g/mol. The highest BCUT2D eigenvalue weighted by atomic mass is 19.1. The van der Waals surface area contributed by atoms with Gasteiger partial charge in [0.15, 0.2) is 0 Å². The molecule has 1 aromatic carbocycles. The van der Waals surface area contributed by atoms with Gasteiger partial charge in [-0.3, -0.25) is 0 Å². The van der Waals surface area contributed by atoms with E-state index >= 15 is 0 Å². The molecule has 0 saturated heterocycles. The number of nitrogen functional groups attached to an aromatic ring is 1. The van der Waals surface area contributed by atoms with E-state index in [-0.39, 0.29) is 5.82 Å². The van der Waals surface area contributed by atoms with E-state index in [4.69, 9.17) is 5.73 Å². The smallest absolute Gasteiger partial charge is 0.128 e. The molecule has 0 heterocycles. The van der Waals surface area contributed by atoms with Crippen molar-refractivity contribution in [3.05, 3.63) is 23.5 Å². The highest BCUT2D eigenvalue weighted by molar-refractivity contribution is 5.66. The molecule has 3 N–H and O–H groups in total. The van der Waals surface area contributed by atoms with Gasteiger partial charge in [-0.1, -0.05) is 0 Å². The second-order valence-corrected chi connectivity index (χ2v) is 2.44. The lowest BCUT2D eigenvalue weighted by molar-refractivity contribution is 0.619. The Hall–Kier alpha value is -1.25. The fourth-order valence-electron chi connectivity index (χ4n) is 0.913. The quantitative estimate of drug-likeness (QED) is 0.605. The predicted octanol–water partition coefficient (Wildman–Crippen LogP) is 1.76. The maximum Gasteiger partial charge on any atom is 0.128 e. The molecule has 0 bridgehead atoms. The van der Waals surface area contributed by atoms with E-state index in [9.17, 15) is 4.39 Å². The largest absolute Gasteiger partial charge is 0.397 e. The van der Waals surface area contributed by atoms with Crippen LogP contribution in [0.25, 0.3) is 0 Å². The lowest BCUT2D eigenvalue weighted by Crippen LogP contribution is -1.97. The second kappa shape index (κ2) is 2.78. The molecule has 3 heteroatoms. The molecule has 0 atom stereocenters. The van der Waals surface area contributed by atoms with Crippen LogP contribution < -0.4 is 11.1 Å². The molecule has 1 rings (SSSR count). The number of hydrogen-bond acceptors (Lipinski definition) is 2. The second-order valence-electron chi connectivity index (χ2n) is 2.44. The number of benzene rings is 1. The van der Waals surface area contributed by atoms with E-state index in [2.05, 4.69) is 5.32 Å². The molecule has 0 unspecified atom stereocenters. The van der Waals surface area contributed by atoms with Crippen molar-refractivity contribution in [1.82, 2.24) is 0 Å². The number of rotatable bonds is 1. The van der Waals surface area contributed by atoms with Crippen LogP contribution in [0.3, 0.4) is 0 Å². The highest BCUT2D eigenvalue weighted by Crippen LogP contribution is 2.21. The molecule has 0 aromatic heterocycles. The molecule has 0 saturated carbocycles. The van der Waals surface area contributed by atoms with Crippen molar-refractivity contribution in [2.75, 3.05) is 18.1 Å². The third-order valence-electron chi connectivity index (χ3n) is 1.60. The van der Waals surface area contributed by atoms with Crippen molar-refractivity contribution in [2.24, 2.45) is 0 Å². The van der Waals surface area contributed by atoms with Gasteiger partial charge in [-0.2, -0.15) is 0 Å². The predicted molar refractivity (Wildman–Crippen MR) is 45.1 cm³/mol. The molecule has 0 aliphatic rings. The van der Waals surface area contributed by atoms with Gasteiger partial charge in [-0.25, -0.2) is 4.39 Å². The molecular formula is C8H11FN2. The minimum absolute atomic E-state index is 0.262. The first-order valence-electron chi connectivity index (χ1n) is 3.38. The van der Waals surface area contributed by atoms with Gasteiger partial charge in [-0.05, 0) is 24.6 Å². The van der Waals surface area contributed by atoms with E-state index in [1.54, 1.807) is 20.0 Å². The van der Waals surface area contributed by atoms with Crippen LogP contribution in [0.1, 0.15) is 5.56 Å². The summed E-state index contributed by atoms with van der Waals surface area (Å²) >= 11 is 0. The normalized spacial score (nSPS) is 9.73. The van der Waals surface area contributed by atoms with Crippen LogP contribution in [0.2, 0.25) is 0 Å². The van der Waals surface area contributed by atoms with E-state index in [0.717, 1.165) is 5.69 Å². The first-order chi connectivity index (χ1) is 5.15. The summed E-state index contributed by atoms with van der Waals surface area (Å²) in [7, 11) is 1.75. The summed E-state index contributed by atoms with van der Waals surface area (Å²) in [5, 5.41) is 2.87. The topological polar surface area (TPSA) is 38.0 Å². The Balaban J connectivity index is 3.21. The fourth-order valence-corrected chi connectivity index (χ4v) is 0.913. The maximum atomic E-state index is 12.8. The van der Waals surface area contributed by atoms with Crippen LogP contribution in [0.15, 0.2) is 12.1 Å². The molecule has 60 valence electrons. The number of hydrogen-bond donors (Lipinski definition) is 2. The minimum atomic E-state index is -0.262. The maximum absolute atomic E-state index is 12.8. The molecule has 0 aliphatic carbocycles. The van der Waals surface area contributed by atoms with Crippen LogP contribution in [0.4, 0.5) is 15.8 Å². The van der Waals surface area contributed by atoms with Crippen LogP contribution in [-0.2, 0) is 0 Å². The van der Waals surface area contributed by atoms with Gasteiger partial charge in [-0.15, -0.1) is 0 Å². The van der Waals surface area contributed by atoms with Gasteiger partial charge in [0.05, 0.1) is 11.4 Å². The Morgan fingerprint density at radius 1 is 1.45 bits per heavy atom. The standard InChI is InChI=1S/C8H11FN2/c1-5-3-8(11-2)7(10)4-6(5)9/h3-4,11H,10H2,1-2H3. The van der Waals surface area contributed by atoms with Crippen molar-refractivity contribution >= 4 is 11.4 Å². The third kappa shape index (κ3) is 1.42. The molecule has 0 fully saturated rings. The van der Waals surface area contributed by atoms with Gasteiger partial charge < -0.3 is 11.1 Å². The molecule has 11 heavy (non-hydrogen) atoms. The molecule has 0 aliphatic heterocycles. The van der Waals surface area contributed by atoms with Gasteiger partial charge in [0.1, 0.15) is 5.82 Å². The average Bonchev–Trinajstić information content (AvgIpc) is 1.97. The van der Waals surface area contributed by atoms with Crippen LogP contribution in [-0.4, -0.2) is 7.05 Å². The summed E-state index contributed by atoms with van der Waals surface area (Å²) in [6.07, 6.45) is 0. The average molecular weight is 154 g/mol. The number of nitrogens with one attached hydrogen (secondary N) is 1. The summed E-state index contributed by atoms with van der Waals surface area (Å²) in [6.45, 7) is 1.70. The van der Waals surface area contributed by atoms with Crippen LogP contribution in [0.5, 0.6) is 0 Å². The summed E-state index contributed by atoms with van der Waals surface area (Å²) in [4.78, 5) is 0. The Morgan fingerprint density at radius 3 is 2.64 bits per heavy atom. The molecule has 0 spiro atoms. The lowest BCUT2D eigenvalue weighted by atomic mass is 10.2. The number of halogens is 1. The van der Waals surface area contributed by atoms with Gasteiger partial charge in [0.2, 0.25) is 0 Å². The van der Waals surface area contributed by atoms with Gasteiger partial charge >= 0.3 is 0 Å². The van der Waals surface area contributed by atoms with Crippen molar-refractivity contribution < 1.29 is 4.39 Å². The zero-order chi connectivity index (χ0) is 8.43. The SMILES string of the molecule is CNc1cc(C)c(F)cc1N. The fraction of sp³-hybridized carbons (Fsp3) is 0.250. The molecular weight excluding hydrogens is 143 g/mol. The first kappa shape index (κ1) is 7.85. The van der Waals surface area contributed by atoms with E-state index in [1.807, 2.05) is 0 Å². The minimum Gasteiger partial charge on any atom is -0.397 e. The molecule has 1 aromatic rings. The van der Waals surface area contributed by atoms with Crippen molar-refractivity contribution in [3.63, 3.8) is 0 Å². The highest BCUT2D eigenvalue weighted by Gasteiger charge is 2.01. The Labute approximate surface area is 65.2 Å². The zero-order valence-electron chi connectivity index (χ0n) is 6.61. The Kier molecular flexibility index (Phi) is 1.98. The molecule has 2 nitrogen and oxygen atoms in total. The summed E-state index contributed by atoms with van der Waals surface area (Å²) in [6, 6.07) is 3.01.